The molecule has 3 rings (SSSR count). The van der Waals surface area contributed by atoms with Gasteiger partial charge in [0.2, 0.25) is 11.8 Å². The van der Waals surface area contributed by atoms with E-state index < -0.39 is 0 Å². The van der Waals surface area contributed by atoms with Gasteiger partial charge in [0.1, 0.15) is 0 Å². The van der Waals surface area contributed by atoms with Crippen LogP contribution in [0, 0.1) is 0 Å². The van der Waals surface area contributed by atoms with Crippen molar-refractivity contribution < 1.29 is 14.4 Å². The second-order valence-corrected chi connectivity index (χ2v) is 6.73. The molecule has 1 aliphatic carbocycles. The fourth-order valence-corrected chi connectivity index (χ4v) is 3.44. The van der Waals surface area contributed by atoms with Crippen LogP contribution in [0.25, 0.3) is 0 Å². The molecule has 0 unspecified atom stereocenters. The van der Waals surface area contributed by atoms with Gasteiger partial charge >= 0.3 is 0 Å². The molecule has 3 amide bonds. The quantitative estimate of drug-likeness (QED) is 0.683. The summed E-state index contributed by atoms with van der Waals surface area (Å²) in [6.07, 6.45) is 7.61. The number of nitrogens with one attached hydrogen (secondary N) is 1. The Hall–Kier alpha value is -2.17. The normalized spacial score (nSPS) is 19.4. The number of rotatable bonds is 4. The van der Waals surface area contributed by atoms with Crippen LogP contribution >= 0.6 is 0 Å². The predicted octanol–water partition coefficient (Wildman–Crippen LogP) is 2.79. The van der Waals surface area contributed by atoms with Crippen LogP contribution in [-0.4, -0.2) is 28.7 Å². The zero-order chi connectivity index (χ0) is 16.9. The van der Waals surface area contributed by atoms with Crippen LogP contribution in [0.4, 0.5) is 0 Å². The molecule has 5 heteroatoms. The van der Waals surface area contributed by atoms with Gasteiger partial charge in [0.15, 0.2) is 0 Å². The Bertz CT molecular complexity index is 600. The average Bonchev–Trinajstić information content (AvgIpc) is 2.80. The standard InChI is InChI=1S/C19H24N2O3/c22-17-11-12-18(23)21(17)13-14-7-9-15(10-8-14)19(24)20-16-5-3-1-2-4-6-16/h7-10,16H,1-6,11-13H2,(H,20,24). The largest absolute Gasteiger partial charge is 0.349 e. The van der Waals surface area contributed by atoms with Crippen LogP contribution in [0.1, 0.15) is 67.3 Å². The van der Waals surface area contributed by atoms with Gasteiger partial charge in [-0.2, -0.15) is 0 Å². The van der Waals surface area contributed by atoms with Gasteiger partial charge in [-0.3, -0.25) is 19.3 Å². The van der Waals surface area contributed by atoms with E-state index in [0.29, 0.717) is 24.9 Å². The van der Waals surface area contributed by atoms with Crippen molar-refractivity contribution in [2.24, 2.45) is 0 Å². The van der Waals surface area contributed by atoms with Crippen molar-refractivity contribution >= 4 is 17.7 Å². The zero-order valence-corrected chi connectivity index (χ0v) is 13.9. The fraction of sp³-hybridized carbons (Fsp3) is 0.526. The highest BCUT2D eigenvalue weighted by Crippen LogP contribution is 2.19. The molecule has 1 aromatic rings. The van der Waals surface area contributed by atoms with E-state index >= 15 is 0 Å². The summed E-state index contributed by atoms with van der Waals surface area (Å²) in [4.78, 5) is 37.0. The van der Waals surface area contributed by atoms with E-state index in [1.807, 2.05) is 12.1 Å². The maximum Gasteiger partial charge on any atom is 0.251 e. The maximum absolute atomic E-state index is 12.4. The lowest BCUT2D eigenvalue weighted by Gasteiger charge is -2.17. The summed E-state index contributed by atoms with van der Waals surface area (Å²) in [5, 5.41) is 3.12. The first-order chi connectivity index (χ1) is 11.6. The number of carbonyl (C=O) groups is 3. The molecule has 1 aromatic carbocycles. The van der Waals surface area contributed by atoms with E-state index in [9.17, 15) is 14.4 Å². The Labute approximate surface area is 142 Å². The number of hydrogen-bond acceptors (Lipinski definition) is 3. The molecule has 1 aliphatic heterocycles. The van der Waals surface area contributed by atoms with E-state index in [1.54, 1.807) is 12.1 Å². The lowest BCUT2D eigenvalue weighted by molar-refractivity contribution is -0.139. The maximum atomic E-state index is 12.4. The van der Waals surface area contributed by atoms with Crippen molar-refractivity contribution in [2.45, 2.75) is 64.0 Å². The molecule has 128 valence electrons. The fourth-order valence-electron chi connectivity index (χ4n) is 3.44. The zero-order valence-electron chi connectivity index (χ0n) is 13.9. The van der Waals surface area contributed by atoms with E-state index in [4.69, 9.17) is 0 Å². The number of likely N-dealkylation sites (tertiary alicyclic amines) is 1. The molecule has 1 saturated heterocycles. The highest BCUT2D eigenvalue weighted by Gasteiger charge is 2.28. The van der Waals surface area contributed by atoms with Gasteiger partial charge in [0.05, 0.1) is 6.54 Å². The van der Waals surface area contributed by atoms with Crippen LogP contribution in [0.3, 0.4) is 0 Å². The number of hydrogen-bond donors (Lipinski definition) is 1. The van der Waals surface area contributed by atoms with Crippen molar-refractivity contribution in [2.75, 3.05) is 0 Å². The molecule has 0 radical (unpaired) electrons. The lowest BCUT2D eigenvalue weighted by atomic mass is 10.1. The van der Waals surface area contributed by atoms with Crippen LogP contribution < -0.4 is 5.32 Å². The summed E-state index contributed by atoms with van der Waals surface area (Å²) in [7, 11) is 0. The third-order valence-electron chi connectivity index (χ3n) is 4.90. The first-order valence-corrected chi connectivity index (χ1v) is 8.86. The number of nitrogens with zero attached hydrogens (tertiary/aromatic N) is 1. The van der Waals surface area contributed by atoms with Crippen LogP contribution in [0.5, 0.6) is 0 Å². The first kappa shape index (κ1) is 16.7. The Morgan fingerprint density at radius 1 is 0.958 bits per heavy atom. The minimum atomic E-state index is -0.116. The summed E-state index contributed by atoms with van der Waals surface area (Å²) in [5.74, 6) is -0.271. The van der Waals surface area contributed by atoms with Crippen LogP contribution in [0.15, 0.2) is 24.3 Å². The summed E-state index contributed by atoms with van der Waals surface area (Å²) in [5.41, 5.74) is 1.49. The van der Waals surface area contributed by atoms with Crippen molar-refractivity contribution in [1.29, 1.82) is 0 Å². The molecule has 0 bridgehead atoms. The minimum absolute atomic E-state index is 0.0400. The van der Waals surface area contributed by atoms with Gasteiger partial charge < -0.3 is 5.32 Å². The molecule has 5 nitrogen and oxygen atoms in total. The number of imide groups is 1. The van der Waals surface area contributed by atoms with Gasteiger partial charge in [0, 0.05) is 24.4 Å². The average molecular weight is 328 g/mol. The van der Waals surface area contributed by atoms with Crippen molar-refractivity contribution in [3.05, 3.63) is 35.4 Å². The smallest absolute Gasteiger partial charge is 0.251 e. The second kappa shape index (κ2) is 7.60. The van der Waals surface area contributed by atoms with Crippen LogP contribution in [-0.2, 0) is 16.1 Å². The molecule has 2 fully saturated rings. The number of carbonyl (C=O) groups excluding carboxylic acids is 3. The van der Waals surface area contributed by atoms with E-state index in [0.717, 1.165) is 18.4 Å². The first-order valence-electron chi connectivity index (χ1n) is 8.86. The van der Waals surface area contributed by atoms with Gasteiger partial charge in [0.25, 0.3) is 5.91 Å². The number of amides is 3. The highest BCUT2D eigenvalue weighted by atomic mass is 16.2. The monoisotopic (exact) mass is 328 g/mol. The molecular weight excluding hydrogens is 304 g/mol. The Morgan fingerprint density at radius 3 is 2.12 bits per heavy atom. The molecule has 1 N–H and O–H groups in total. The Morgan fingerprint density at radius 2 is 1.54 bits per heavy atom. The van der Waals surface area contributed by atoms with Crippen molar-refractivity contribution in [3.8, 4) is 0 Å². The van der Waals surface area contributed by atoms with E-state index in [1.165, 1.54) is 30.6 Å². The van der Waals surface area contributed by atoms with E-state index in [-0.39, 0.29) is 23.8 Å². The third kappa shape index (κ3) is 4.02. The van der Waals surface area contributed by atoms with Gasteiger partial charge in [-0.1, -0.05) is 37.8 Å². The molecule has 0 atom stereocenters. The minimum Gasteiger partial charge on any atom is -0.349 e. The summed E-state index contributed by atoms with van der Waals surface area (Å²) >= 11 is 0. The molecule has 1 saturated carbocycles. The topological polar surface area (TPSA) is 66.5 Å². The summed E-state index contributed by atoms with van der Waals surface area (Å²) in [6.45, 7) is 0.294. The highest BCUT2D eigenvalue weighted by molar-refractivity contribution is 6.01. The Kier molecular flexibility index (Phi) is 5.28. The van der Waals surface area contributed by atoms with Crippen molar-refractivity contribution in [3.63, 3.8) is 0 Å². The SMILES string of the molecule is O=C(NC1CCCCCC1)c1ccc(CN2C(=O)CCC2=O)cc1. The molecule has 24 heavy (non-hydrogen) atoms. The van der Waals surface area contributed by atoms with E-state index in [2.05, 4.69) is 5.32 Å². The van der Waals surface area contributed by atoms with Crippen molar-refractivity contribution in [1.82, 2.24) is 10.2 Å². The van der Waals surface area contributed by atoms with Crippen LogP contribution in [0.2, 0.25) is 0 Å². The molecule has 2 aliphatic rings. The second-order valence-electron chi connectivity index (χ2n) is 6.73. The lowest BCUT2D eigenvalue weighted by Crippen LogP contribution is -2.34. The molecule has 1 heterocycles. The van der Waals surface area contributed by atoms with Gasteiger partial charge in [-0.15, -0.1) is 0 Å². The Balaban J connectivity index is 1.58. The third-order valence-corrected chi connectivity index (χ3v) is 4.90. The summed E-state index contributed by atoms with van der Waals surface area (Å²) < 4.78 is 0. The summed E-state index contributed by atoms with van der Waals surface area (Å²) in [6, 6.07) is 7.46. The van der Waals surface area contributed by atoms with Gasteiger partial charge in [-0.05, 0) is 30.5 Å². The number of benzene rings is 1. The predicted molar refractivity (Wildman–Crippen MR) is 90.2 cm³/mol. The molecular formula is C19H24N2O3. The molecule has 0 aromatic heterocycles. The van der Waals surface area contributed by atoms with Gasteiger partial charge in [-0.25, -0.2) is 0 Å². The molecule has 0 spiro atoms.